The van der Waals surface area contributed by atoms with Gasteiger partial charge in [-0.1, -0.05) is 84.5 Å². The van der Waals surface area contributed by atoms with E-state index in [1.54, 1.807) is 7.11 Å². The molecule has 2 N–H and O–H groups in total. The zero-order valence-corrected chi connectivity index (χ0v) is 21.4. The second kappa shape index (κ2) is 10.4. The summed E-state index contributed by atoms with van der Waals surface area (Å²) in [6, 6.07) is 27.0. The van der Waals surface area contributed by atoms with Gasteiger partial charge in [0.05, 0.1) is 18.6 Å². The molecule has 3 fully saturated rings. The van der Waals surface area contributed by atoms with Gasteiger partial charge in [0, 0.05) is 24.5 Å². The van der Waals surface area contributed by atoms with E-state index in [2.05, 4.69) is 58.7 Å². The molecule has 0 radical (unpaired) electrons. The molecule has 6 rings (SSSR count). The molecule has 186 valence electrons. The minimum Gasteiger partial charge on any atom is -0.496 e. The van der Waals surface area contributed by atoms with E-state index >= 15 is 0 Å². The van der Waals surface area contributed by atoms with Crippen LogP contribution in [0, 0.1) is 18.8 Å². The summed E-state index contributed by atoms with van der Waals surface area (Å²) in [5.74, 6) is -0.397. The van der Waals surface area contributed by atoms with Crippen LogP contribution >= 0.6 is 12.2 Å². The van der Waals surface area contributed by atoms with Gasteiger partial charge in [-0.3, -0.25) is 9.69 Å². The number of piperidine rings is 3. The summed E-state index contributed by atoms with van der Waals surface area (Å²) in [5, 5.41) is 13.8. The Morgan fingerprint density at radius 3 is 2.28 bits per heavy atom. The maximum Gasteiger partial charge on any atom is 0.308 e. The standard InChI is InChI=1S/C30H32N2O3S/c1-19-13-14-25(35-2)23(17-19)29(36)31-27-22-15-16-32(18-24(22)30(33)34)28(27)26(20-9-5-3-6-10-20)21-11-7-4-8-12-21/h3-14,17,22,24,26-28H,15-16,18H2,1-2H3,(H,31,36)(H,33,34). The third-order valence-electron chi connectivity index (χ3n) is 7.82. The summed E-state index contributed by atoms with van der Waals surface area (Å²) in [6.07, 6.45) is 0.828. The Morgan fingerprint density at radius 1 is 1.06 bits per heavy atom. The van der Waals surface area contributed by atoms with E-state index in [4.69, 9.17) is 17.0 Å². The van der Waals surface area contributed by atoms with Crippen LogP contribution in [0.25, 0.3) is 0 Å². The van der Waals surface area contributed by atoms with Crippen LogP contribution in [0.3, 0.4) is 0 Å². The minimum absolute atomic E-state index is 0.0267. The second-order valence-electron chi connectivity index (χ2n) is 9.88. The summed E-state index contributed by atoms with van der Waals surface area (Å²) in [5.41, 5.74) is 4.37. The van der Waals surface area contributed by atoms with Crippen LogP contribution in [-0.4, -0.2) is 53.2 Å². The SMILES string of the molecule is COc1ccc(C)cc1C(=S)NC1C2CCN(CC2C(=O)O)C1C(c1ccccc1)c1ccccc1. The van der Waals surface area contributed by atoms with Gasteiger partial charge in [-0.25, -0.2) is 0 Å². The fourth-order valence-electron chi connectivity index (χ4n) is 6.18. The molecule has 5 unspecified atom stereocenters. The van der Waals surface area contributed by atoms with E-state index in [9.17, 15) is 9.90 Å². The molecule has 0 amide bonds. The summed E-state index contributed by atoms with van der Waals surface area (Å²) in [7, 11) is 1.65. The molecule has 0 saturated carbocycles. The Balaban J connectivity index is 1.59. The van der Waals surface area contributed by atoms with E-state index in [0.717, 1.165) is 24.1 Å². The van der Waals surface area contributed by atoms with Crippen molar-refractivity contribution in [1.82, 2.24) is 10.2 Å². The summed E-state index contributed by atoms with van der Waals surface area (Å²) < 4.78 is 5.61. The number of nitrogens with one attached hydrogen (secondary N) is 1. The van der Waals surface area contributed by atoms with Gasteiger partial charge < -0.3 is 15.2 Å². The number of carboxylic acid groups (broad SMARTS) is 1. The van der Waals surface area contributed by atoms with Crippen LogP contribution in [0.2, 0.25) is 0 Å². The second-order valence-corrected chi connectivity index (χ2v) is 10.3. The molecule has 2 bridgehead atoms. The maximum atomic E-state index is 12.3. The van der Waals surface area contributed by atoms with Crippen LogP contribution in [0.1, 0.15) is 34.6 Å². The number of methoxy groups -OCH3 is 1. The van der Waals surface area contributed by atoms with E-state index < -0.39 is 11.9 Å². The molecule has 0 aliphatic carbocycles. The van der Waals surface area contributed by atoms with Gasteiger partial charge in [0.1, 0.15) is 10.7 Å². The van der Waals surface area contributed by atoms with Crippen LogP contribution in [-0.2, 0) is 4.79 Å². The van der Waals surface area contributed by atoms with Crippen molar-refractivity contribution in [3.05, 3.63) is 101 Å². The molecule has 0 spiro atoms. The van der Waals surface area contributed by atoms with Gasteiger partial charge in [-0.2, -0.15) is 0 Å². The fraction of sp³-hybridized carbons (Fsp3) is 0.333. The fourth-order valence-corrected chi connectivity index (χ4v) is 6.48. The first kappa shape index (κ1) is 24.5. The Labute approximate surface area is 218 Å². The third-order valence-corrected chi connectivity index (χ3v) is 8.16. The lowest BCUT2D eigenvalue weighted by atomic mass is 9.66. The number of hydrogen-bond donors (Lipinski definition) is 2. The number of aryl methyl sites for hydroxylation is 1. The number of thiocarbonyl (C=S) groups is 1. The average molecular weight is 501 g/mol. The lowest BCUT2D eigenvalue weighted by Crippen LogP contribution is -2.69. The Morgan fingerprint density at radius 2 is 1.69 bits per heavy atom. The third kappa shape index (κ3) is 4.63. The molecule has 5 nitrogen and oxygen atoms in total. The van der Waals surface area contributed by atoms with Crippen molar-refractivity contribution in [2.24, 2.45) is 11.8 Å². The first-order chi connectivity index (χ1) is 17.5. The van der Waals surface area contributed by atoms with Crippen molar-refractivity contribution in [1.29, 1.82) is 0 Å². The molecule has 3 aromatic carbocycles. The van der Waals surface area contributed by atoms with Crippen molar-refractivity contribution < 1.29 is 14.6 Å². The Kier molecular flexibility index (Phi) is 7.08. The topological polar surface area (TPSA) is 61.8 Å². The number of carboxylic acids is 1. The predicted octanol–water partition coefficient (Wildman–Crippen LogP) is 4.87. The Bertz CT molecular complexity index is 1190. The normalized spacial score (nSPS) is 24.9. The van der Waals surface area contributed by atoms with Crippen LogP contribution < -0.4 is 10.1 Å². The molecular weight excluding hydrogens is 468 g/mol. The molecule has 3 aromatic rings. The van der Waals surface area contributed by atoms with Crippen molar-refractivity contribution in [3.63, 3.8) is 0 Å². The molecule has 3 aliphatic heterocycles. The molecule has 5 atom stereocenters. The molecule has 0 aromatic heterocycles. The molecular formula is C30H32N2O3S. The summed E-state index contributed by atoms with van der Waals surface area (Å²) in [4.78, 5) is 15.3. The summed E-state index contributed by atoms with van der Waals surface area (Å²) in [6.45, 7) is 3.47. The van der Waals surface area contributed by atoms with Crippen molar-refractivity contribution >= 4 is 23.2 Å². The highest BCUT2D eigenvalue weighted by molar-refractivity contribution is 7.80. The maximum absolute atomic E-state index is 12.3. The van der Waals surface area contributed by atoms with Crippen molar-refractivity contribution in [2.75, 3.05) is 20.2 Å². The lowest BCUT2D eigenvalue weighted by molar-refractivity contribution is -0.152. The highest BCUT2D eigenvalue weighted by atomic mass is 32.1. The van der Waals surface area contributed by atoms with Crippen molar-refractivity contribution in [3.8, 4) is 5.75 Å². The number of nitrogens with zero attached hydrogens (tertiary/aromatic N) is 1. The number of carbonyl (C=O) groups is 1. The zero-order chi connectivity index (χ0) is 25.2. The highest BCUT2D eigenvalue weighted by Crippen LogP contribution is 2.44. The van der Waals surface area contributed by atoms with Crippen LogP contribution in [0.15, 0.2) is 78.9 Å². The number of benzene rings is 3. The Hall–Kier alpha value is -3.22. The van der Waals surface area contributed by atoms with E-state index in [0.29, 0.717) is 17.3 Å². The molecule has 36 heavy (non-hydrogen) atoms. The van der Waals surface area contributed by atoms with Crippen molar-refractivity contribution in [2.45, 2.75) is 31.3 Å². The lowest BCUT2D eigenvalue weighted by Gasteiger charge is -2.56. The minimum atomic E-state index is -0.732. The predicted molar refractivity (Wildman–Crippen MR) is 146 cm³/mol. The van der Waals surface area contributed by atoms with Gasteiger partial charge >= 0.3 is 5.97 Å². The number of hydrogen-bond acceptors (Lipinski definition) is 4. The molecule has 3 heterocycles. The van der Waals surface area contributed by atoms with Gasteiger partial charge in [0.15, 0.2) is 0 Å². The van der Waals surface area contributed by atoms with Gasteiger partial charge in [-0.05, 0) is 49.1 Å². The van der Waals surface area contributed by atoms with Gasteiger partial charge in [0.25, 0.3) is 0 Å². The number of ether oxygens (including phenoxy) is 1. The van der Waals surface area contributed by atoms with E-state index in [1.165, 1.54) is 11.1 Å². The molecule has 6 heteroatoms. The number of rotatable bonds is 7. The van der Waals surface area contributed by atoms with Gasteiger partial charge in [-0.15, -0.1) is 0 Å². The zero-order valence-electron chi connectivity index (χ0n) is 20.6. The van der Waals surface area contributed by atoms with Crippen LogP contribution in [0.4, 0.5) is 0 Å². The average Bonchev–Trinajstić information content (AvgIpc) is 2.91. The quantitative estimate of drug-likeness (QED) is 0.451. The smallest absolute Gasteiger partial charge is 0.308 e. The molecule has 3 aliphatic rings. The highest BCUT2D eigenvalue weighted by Gasteiger charge is 2.53. The monoisotopic (exact) mass is 500 g/mol. The first-order valence-corrected chi connectivity index (χ1v) is 12.9. The summed E-state index contributed by atoms with van der Waals surface area (Å²) >= 11 is 5.95. The molecule has 3 saturated heterocycles. The largest absolute Gasteiger partial charge is 0.496 e. The number of fused-ring (bicyclic) bond motifs is 3. The van der Waals surface area contributed by atoms with Crippen LogP contribution in [0.5, 0.6) is 5.75 Å². The number of aliphatic carboxylic acids is 1. The van der Waals surface area contributed by atoms with E-state index in [-0.39, 0.29) is 23.9 Å². The first-order valence-electron chi connectivity index (χ1n) is 12.5. The van der Waals surface area contributed by atoms with E-state index in [1.807, 2.05) is 37.3 Å². The van der Waals surface area contributed by atoms with Gasteiger partial charge in [0.2, 0.25) is 0 Å².